The summed E-state index contributed by atoms with van der Waals surface area (Å²) in [7, 11) is 0. The van der Waals surface area contributed by atoms with Gasteiger partial charge in [-0.2, -0.15) is 0 Å². The van der Waals surface area contributed by atoms with Gasteiger partial charge in [0.25, 0.3) is 23.0 Å². The Hall–Kier alpha value is -5.04. The molecule has 0 amide bonds. The zero-order valence-electron chi connectivity index (χ0n) is 16.2. The Balaban J connectivity index is 0.000000642. The normalized spacial score (nSPS) is 9.60. The third-order valence-corrected chi connectivity index (χ3v) is 3.57. The van der Waals surface area contributed by atoms with Gasteiger partial charge in [-0.25, -0.2) is 0 Å². The van der Waals surface area contributed by atoms with Gasteiger partial charge in [0.2, 0.25) is 0 Å². The van der Waals surface area contributed by atoms with Crippen molar-refractivity contribution in [3.63, 3.8) is 0 Å². The first-order valence-electron chi connectivity index (χ1n) is 7.58. The molecule has 2 rings (SSSR count). The van der Waals surface area contributed by atoms with E-state index in [0.717, 1.165) is 0 Å². The standard InChI is InChI=1S/2C6H3N3O8.Cd/c2*10-5-2(7(12)13)1-3(8(14)15)6(11)4(5)9(16)17;/h2*1,10-11H;. The summed E-state index contributed by atoms with van der Waals surface area (Å²) in [4.78, 5) is 54.8. The van der Waals surface area contributed by atoms with Crippen molar-refractivity contribution in [3.05, 3.63) is 72.8 Å². The quantitative estimate of drug-likeness (QED) is 0.207. The predicted molar refractivity (Wildman–Crippen MR) is 99.5 cm³/mol. The molecule has 0 heterocycles. The van der Waals surface area contributed by atoms with Gasteiger partial charge in [-0.3, -0.25) is 60.7 Å². The molecule has 23 heteroatoms. The number of phenols is 4. The van der Waals surface area contributed by atoms with Gasteiger partial charge in [0.15, 0.2) is 0 Å². The van der Waals surface area contributed by atoms with Crippen LogP contribution in [0.5, 0.6) is 23.0 Å². The molecule has 0 saturated carbocycles. The smallest absolute Gasteiger partial charge is 0.366 e. The predicted octanol–water partition coefficient (Wildman–Crippen LogP) is 1.64. The molecule has 0 atom stereocenters. The minimum atomic E-state index is -1.48. The van der Waals surface area contributed by atoms with Crippen LogP contribution in [0, 0.1) is 60.7 Å². The van der Waals surface area contributed by atoms with E-state index in [-0.39, 0.29) is 39.4 Å². The van der Waals surface area contributed by atoms with Crippen LogP contribution in [0.1, 0.15) is 0 Å². The first kappa shape index (κ1) is 30.0. The van der Waals surface area contributed by atoms with Gasteiger partial charge in [0.1, 0.15) is 12.1 Å². The number of nitro benzene ring substituents is 6. The first-order valence-corrected chi connectivity index (χ1v) is 7.58. The van der Waals surface area contributed by atoms with E-state index in [0.29, 0.717) is 0 Å². The first-order chi connectivity index (χ1) is 15.5. The van der Waals surface area contributed by atoms with Gasteiger partial charge in [-0.1, -0.05) is 0 Å². The van der Waals surface area contributed by atoms with Crippen LogP contribution in [0.25, 0.3) is 0 Å². The molecular weight excluding hydrogens is 597 g/mol. The number of nitro groups is 6. The number of hydrogen-bond acceptors (Lipinski definition) is 16. The molecule has 22 nitrogen and oxygen atoms in total. The Kier molecular flexibility index (Phi) is 9.59. The molecule has 0 spiro atoms. The molecule has 0 aromatic heterocycles. The van der Waals surface area contributed by atoms with Crippen LogP contribution in [-0.2, 0) is 27.3 Å². The van der Waals surface area contributed by atoms with E-state index in [9.17, 15) is 60.7 Å². The maximum Gasteiger partial charge on any atom is 0.366 e. The molecule has 0 unspecified atom stereocenters. The fourth-order valence-corrected chi connectivity index (χ4v) is 2.14. The summed E-state index contributed by atoms with van der Waals surface area (Å²) in [5, 5.41) is 99.1. The molecule has 35 heavy (non-hydrogen) atoms. The van der Waals surface area contributed by atoms with Crippen LogP contribution in [0.4, 0.5) is 34.1 Å². The number of nitrogens with zero attached hydrogens (tertiary/aromatic N) is 6. The van der Waals surface area contributed by atoms with Gasteiger partial charge in [-0.15, -0.1) is 0 Å². The van der Waals surface area contributed by atoms with Crippen LogP contribution in [0.15, 0.2) is 12.1 Å². The van der Waals surface area contributed by atoms with Gasteiger partial charge in [-0.05, 0) is 0 Å². The number of rotatable bonds is 6. The maximum atomic E-state index is 10.4. The Bertz CT molecular complexity index is 1100. The molecule has 2 aromatic carbocycles. The Morgan fingerprint density at radius 2 is 0.600 bits per heavy atom. The number of benzene rings is 2. The van der Waals surface area contributed by atoms with E-state index < -0.39 is 86.7 Å². The summed E-state index contributed by atoms with van der Waals surface area (Å²) in [6, 6.07) is 0.468. The zero-order chi connectivity index (χ0) is 26.7. The third-order valence-electron chi connectivity index (χ3n) is 3.57. The van der Waals surface area contributed by atoms with Crippen molar-refractivity contribution < 1.29 is 77.3 Å². The van der Waals surface area contributed by atoms with E-state index in [1.54, 1.807) is 0 Å². The summed E-state index contributed by atoms with van der Waals surface area (Å²) in [5.41, 5.74) is -7.90. The van der Waals surface area contributed by atoms with Gasteiger partial charge >= 0.3 is 34.1 Å². The second-order valence-corrected chi connectivity index (χ2v) is 5.46. The molecule has 4 N–H and O–H groups in total. The number of phenolic OH excluding ortho intramolecular Hbond substituents is 4. The third kappa shape index (κ3) is 6.06. The molecule has 0 aliphatic carbocycles. The second kappa shape index (κ2) is 11.2. The molecule has 182 valence electrons. The van der Waals surface area contributed by atoms with Crippen LogP contribution in [0.2, 0.25) is 0 Å². The molecule has 0 bridgehead atoms. The zero-order valence-corrected chi connectivity index (χ0v) is 20.3. The fraction of sp³-hybridized carbons (Fsp3) is 0. The molecule has 2 aromatic rings. The molecule has 0 saturated heterocycles. The summed E-state index contributed by atoms with van der Waals surface area (Å²) < 4.78 is 0. The van der Waals surface area contributed by atoms with Gasteiger partial charge in [0, 0.05) is 27.3 Å². The average Bonchev–Trinajstić information content (AvgIpc) is 2.66. The van der Waals surface area contributed by atoms with Crippen molar-refractivity contribution in [1.29, 1.82) is 0 Å². The maximum absolute atomic E-state index is 10.4. The minimum Gasteiger partial charge on any atom is -0.497 e. The largest absolute Gasteiger partial charge is 0.497 e. The van der Waals surface area contributed by atoms with Crippen molar-refractivity contribution >= 4 is 34.1 Å². The summed E-state index contributed by atoms with van der Waals surface area (Å²) >= 11 is 0. The van der Waals surface area contributed by atoms with E-state index in [2.05, 4.69) is 0 Å². The summed E-state index contributed by atoms with van der Waals surface area (Å²) in [5.74, 6) is -5.77. The van der Waals surface area contributed by atoms with E-state index >= 15 is 0 Å². The van der Waals surface area contributed by atoms with Crippen molar-refractivity contribution in [1.82, 2.24) is 0 Å². The van der Waals surface area contributed by atoms with E-state index in [4.69, 9.17) is 20.4 Å². The van der Waals surface area contributed by atoms with Crippen LogP contribution in [0.3, 0.4) is 0 Å². The summed E-state index contributed by atoms with van der Waals surface area (Å²) in [6.07, 6.45) is 0. The van der Waals surface area contributed by atoms with Gasteiger partial charge < -0.3 is 20.4 Å². The Morgan fingerprint density at radius 3 is 0.714 bits per heavy atom. The SMILES string of the molecule is O=[N+]([O-])c1cc([N+](=O)[O-])c(O)c([N+](=O)[O-])c1O.O=[N+]([O-])c1cc([N+](=O)[O-])c(O)c([N+](=O)[O-])c1O.[Cd]. The topological polar surface area (TPSA) is 340 Å². The Morgan fingerprint density at radius 1 is 0.429 bits per heavy atom. The minimum absolute atomic E-state index is 0. The Labute approximate surface area is 207 Å². The average molecular weight is 603 g/mol. The van der Waals surface area contributed by atoms with Crippen molar-refractivity contribution in [2.24, 2.45) is 0 Å². The van der Waals surface area contributed by atoms with Crippen LogP contribution >= 0.6 is 0 Å². The second-order valence-electron chi connectivity index (χ2n) is 5.46. The van der Waals surface area contributed by atoms with Crippen LogP contribution in [-0.4, -0.2) is 50.0 Å². The number of hydrogen-bond donors (Lipinski definition) is 4. The van der Waals surface area contributed by atoms with Crippen molar-refractivity contribution in [2.75, 3.05) is 0 Å². The van der Waals surface area contributed by atoms with E-state index in [1.165, 1.54) is 0 Å². The van der Waals surface area contributed by atoms with Crippen molar-refractivity contribution in [3.8, 4) is 23.0 Å². The summed E-state index contributed by atoms with van der Waals surface area (Å²) in [6.45, 7) is 0. The fourth-order valence-electron chi connectivity index (χ4n) is 2.14. The molecule has 0 radical (unpaired) electrons. The van der Waals surface area contributed by atoms with Crippen molar-refractivity contribution in [2.45, 2.75) is 0 Å². The van der Waals surface area contributed by atoms with Crippen LogP contribution < -0.4 is 0 Å². The van der Waals surface area contributed by atoms with Gasteiger partial charge in [0.05, 0.1) is 29.5 Å². The monoisotopic (exact) mass is 604 g/mol. The molecule has 0 fully saturated rings. The molecular formula is C12H6CdN6O16. The number of aromatic hydroxyl groups is 4. The van der Waals surface area contributed by atoms with E-state index in [1.807, 2.05) is 0 Å². The molecule has 0 aliphatic rings. The molecule has 0 aliphatic heterocycles.